The fraction of sp³-hybridized carbons (Fsp3) is 0.552. The summed E-state index contributed by atoms with van der Waals surface area (Å²) in [6.45, 7) is 4.53. The number of ether oxygens (including phenoxy) is 5. The first-order chi connectivity index (χ1) is 19.8. The van der Waals surface area contributed by atoms with Crippen molar-refractivity contribution in [3.63, 3.8) is 0 Å². The van der Waals surface area contributed by atoms with Gasteiger partial charge >= 0.3 is 6.18 Å². The predicted octanol–water partition coefficient (Wildman–Crippen LogP) is 4.50. The highest BCUT2D eigenvalue weighted by Gasteiger charge is 2.58. The van der Waals surface area contributed by atoms with E-state index in [2.05, 4.69) is 5.43 Å². The highest BCUT2D eigenvalue weighted by atomic mass is 19.4. The molecule has 1 amide bonds. The summed E-state index contributed by atoms with van der Waals surface area (Å²) in [6, 6.07) is 7.82. The minimum Gasteiger partial charge on any atom is -0.379 e. The molecule has 4 atom stereocenters. The number of morpholine rings is 1. The Morgan fingerprint density at radius 1 is 1.05 bits per heavy atom. The molecule has 230 valence electrons. The molecule has 0 radical (unpaired) electrons. The fourth-order valence-corrected chi connectivity index (χ4v) is 5.52. The molecule has 13 heteroatoms. The van der Waals surface area contributed by atoms with E-state index in [-0.39, 0.29) is 37.2 Å². The van der Waals surface area contributed by atoms with E-state index in [9.17, 15) is 26.7 Å². The molecule has 0 spiro atoms. The van der Waals surface area contributed by atoms with E-state index >= 15 is 0 Å². The number of halogens is 5. The molecule has 0 unspecified atom stereocenters. The minimum atomic E-state index is -4.55. The molecule has 3 fully saturated rings. The van der Waals surface area contributed by atoms with E-state index < -0.39 is 59.0 Å². The molecule has 8 nitrogen and oxygen atoms in total. The zero-order chi connectivity index (χ0) is 30.1. The van der Waals surface area contributed by atoms with Gasteiger partial charge in [0.15, 0.2) is 11.4 Å². The highest BCUT2D eigenvalue weighted by Crippen LogP contribution is 2.44. The zero-order valence-electron chi connectivity index (χ0n) is 23.2. The van der Waals surface area contributed by atoms with Crippen LogP contribution in [0.5, 0.6) is 0 Å². The van der Waals surface area contributed by atoms with Gasteiger partial charge in [-0.3, -0.25) is 10.2 Å². The second kappa shape index (κ2) is 12.1. The van der Waals surface area contributed by atoms with Crippen molar-refractivity contribution in [2.75, 3.05) is 26.3 Å². The molecular weight excluding hydrogens is 567 g/mol. The standard InChI is InChI=1S/C29H33F5N2O6/c1-27(2)41-24-15-28(26(37)35-36-8-10-38-11-9-36,40-16-18-4-3-5-20(12-18)29(32,33)34)14-23(25(24)42-27)39-17-19-6-7-21(30)13-22(19)31/h3-7,12-13,23-25H,8-11,14-17H2,1-2H3,(H,35,37)/t23-,24+,25-,28+/m0/s1. The van der Waals surface area contributed by atoms with Gasteiger partial charge in [0.2, 0.25) is 0 Å². The molecule has 5 rings (SSSR count). The highest BCUT2D eigenvalue weighted by molar-refractivity contribution is 5.85. The first-order valence-electron chi connectivity index (χ1n) is 13.7. The Kier molecular flexibility index (Phi) is 8.89. The number of carbonyl (C=O) groups is 1. The van der Waals surface area contributed by atoms with Crippen molar-refractivity contribution >= 4 is 5.91 Å². The molecular formula is C29H33F5N2O6. The Morgan fingerprint density at radius 3 is 2.52 bits per heavy atom. The lowest BCUT2D eigenvalue weighted by molar-refractivity contribution is -0.188. The summed E-state index contributed by atoms with van der Waals surface area (Å²) in [5, 5.41) is 1.69. The van der Waals surface area contributed by atoms with Crippen molar-refractivity contribution in [2.24, 2.45) is 0 Å². The molecule has 0 bridgehead atoms. The number of nitrogens with zero attached hydrogens (tertiary/aromatic N) is 1. The van der Waals surface area contributed by atoms with Gasteiger partial charge in [0.1, 0.15) is 17.7 Å². The van der Waals surface area contributed by atoms with Crippen LogP contribution in [0.3, 0.4) is 0 Å². The molecule has 1 aliphatic carbocycles. The lowest BCUT2D eigenvalue weighted by Crippen LogP contribution is -2.63. The number of amides is 1. The third kappa shape index (κ3) is 7.09. The van der Waals surface area contributed by atoms with Gasteiger partial charge < -0.3 is 23.7 Å². The average Bonchev–Trinajstić information content (AvgIpc) is 3.25. The van der Waals surface area contributed by atoms with Crippen LogP contribution in [0.4, 0.5) is 22.0 Å². The van der Waals surface area contributed by atoms with Crippen LogP contribution in [0.2, 0.25) is 0 Å². The zero-order valence-corrected chi connectivity index (χ0v) is 23.2. The summed E-state index contributed by atoms with van der Waals surface area (Å²) in [7, 11) is 0. The number of rotatable bonds is 8. The molecule has 1 N–H and O–H groups in total. The maximum Gasteiger partial charge on any atom is 0.416 e. The third-order valence-electron chi connectivity index (χ3n) is 7.57. The molecule has 2 aliphatic heterocycles. The van der Waals surface area contributed by atoms with Crippen molar-refractivity contribution in [3.05, 3.63) is 70.8 Å². The summed E-state index contributed by atoms with van der Waals surface area (Å²) in [4.78, 5) is 13.9. The smallest absolute Gasteiger partial charge is 0.379 e. The lowest BCUT2D eigenvalue weighted by atomic mass is 9.78. The van der Waals surface area contributed by atoms with Gasteiger partial charge in [0.25, 0.3) is 5.91 Å². The molecule has 0 aromatic heterocycles. The number of carbonyl (C=O) groups excluding carboxylic acids is 1. The van der Waals surface area contributed by atoms with E-state index in [1.54, 1.807) is 18.9 Å². The number of hydrazine groups is 1. The van der Waals surface area contributed by atoms with Crippen LogP contribution >= 0.6 is 0 Å². The van der Waals surface area contributed by atoms with Crippen LogP contribution < -0.4 is 5.43 Å². The van der Waals surface area contributed by atoms with Crippen molar-refractivity contribution in [2.45, 2.75) is 75.8 Å². The van der Waals surface area contributed by atoms with Crippen LogP contribution in [-0.2, 0) is 47.9 Å². The molecule has 42 heavy (non-hydrogen) atoms. The summed E-state index contributed by atoms with van der Waals surface area (Å²) in [5.74, 6) is -3.08. The van der Waals surface area contributed by atoms with Gasteiger partial charge in [-0.1, -0.05) is 18.2 Å². The van der Waals surface area contributed by atoms with E-state index in [0.29, 0.717) is 26.3 Å². The summed E-state index contributed by atoms with van der Waals surface area (Å²) in [5.41, 5.74) is 0.747. The normalized spacial score (nSPS) is 27.9. The topological polar surface area (TPSA) is 78.5 Å². The van der Waals surface area contributed by atoms with Crippen molar-refractivity contribution in [1.82, 2.24) is 10.4 Å². The Bertz CT molecular complexity index is 1270. The lowest BCUT2D eigenvalue weighted by Gasteiger charge is -2.44. The summed E-state index contributed by atoms with van der Waals surface area (Å²) < 4.78 is 97.8. The molecule has 1 saturated carbocycles. The minimum absolute atomic E-state index is 0.0288. The van der Waals surface area contributed by atoms with Gasteiger partial charge in [-0.2, -0.15) is 13.2 Å². The SMILES string of the molecule is CC1(C)O[C@H]2[C@@H](OCc3ccc(F)cc3F)C[C@](OCc3cccc(C(F)(F)F)c3)(C(=O)NN3CCOCC3)C[C@H]2O1. The predicted molar refractivity (Wildman–Crippen MR) is 137 cm³/mol. The van der Waals surface area contributed by atoms with Gasteiger partial charge in [-0.15, -0.1) is 0 Å². The summed E-state index contributed by atoms with van der Waals surface area (Å²) >= 11 is 0. The van der Waals surface area contributed by atoms with E-state index in [1.165, 1.54) is 18.2 Å². The van der Waals surface area contributed by atoms with Gasteiger partial charge in [0.05, 0.1) is 44.2 Å². The second-order valence-electron chi connectivity index (χ2n) is 11.2. The van der Waals surface area contributed by atoms with Crippen LogP contribution in [0.15, 0.2) is 42.5 Å². The first-order valence-corrected chi connectivity index (χ1v) is 13.7. The van der Waals surface area contributed by atoms with Crippen LogP contribution in [0.25, 0.3) is 0 Å². The van der Waals surface area contributed by atoms with Crippen LogP contribution in [0.1, 0.15) is 43.4 Å². The number of alkyl halides is 3. The Morgan fingerprint density at radius 2 is 1.81 bits per heavy atom. The van der Waals surface area contributed by atoms with E-state index in [4.69, 9.17) is 23.7 Å². The number of hydrogen-bond acceptors (Lipinski definition) is 7. The number of fused-ring (bicyclic) bond motifs is 1. The van der Waals surface area contributed by atoms with Crippen molar-refractivity contribution in [1.29, 1.82) is 0 Å². The maximum atomic E-state index is 14.4. The quantitative estimate of drug-likeness (QED) is 0.447. The van der Waals surface area contributed by atoms with Crippen molar-refractivity contribution in [3.8, 4) is 0 Å². The van der Waals surface area contributed by atoms with Gasteiger partial charge in [-0.05, 0) is 37.6 Å². The monoisotopic (exact) mass is 600 g/mol. The largest absolute Gasteiger partial charge is 0.416 e. The van der Waals surface area contributed by atoms with Crippen LogP contribution in [0, 0.1) is 11.6 Å². The molecule has 2 heterocycles. The fourth-order valence-electron chi connectivity index (χ4n) is 5.52. The van der Waals surface area contributed by atoms with Crippen molar-refractivity contribution < 1.29 is 50.4 Å². The van der Waals surface area contributed by atoms with Gasteiger partial charge in [-0.25, -0.2) is 13.8 Å². The second-order valence-corrected chi connectivity index (χ2v) is 11.2. The average molecular weight is 601 g/mol. The van der Waals surface area contributed by atoms with Crippen LogP contribution in [-0.4, -0.2) is 66.9 Å². The number of nitrogens with one attached hydrogen (secondary N) is 1. The molecule has 3 aliphatic rings. The maximum absolute atomic E-state index is 14.4. The third-order valence-corrected chi connectivity index (χ3v) is 7.57. The number of hydrogen-bond donors (Lipinski definition) is 1. The van der Waals surface area contributed by atoms with E-state index in [1.807, 2.05) is 0 Å². The Labute approximate surface area is 240 Å². The van der Waals surface area contributed by atoms with E-state index in [0.717, 1.165) is 24.3 Å². The van der Waals surface area contributed by atoms with Gasteiger partial charge in [0, 0.05) is 37.6 Å². The summed E-state index contributed by atoms with van der Waals surface area (Å²) in [6.07, 6.45) is -6.76. The molecule has 2 aromatic rings. The number of benzene rings is 2. The molecule has 2 aromatic carbocycles. The Hall–Kier alpha value is -2.68. The Balaban J connectivity index is 1.43. The first kappa shape index (κ1) is 30.8. The molecule has 2 saturated heterocycles.